The van der Waals surface area contributed by atoms with Crippen molar-refractivity contribution in [2.45, 2.75) is 19.5 Å². The van der Waals surface area contributed by atoms with Crippen molar-refractivity contribution in [3.8, 4) is 11.5 Å². The van der Waals surface area contributed by atoms with E-state index in [0.29, 0.717) is 49.8 Å². The van der Waals surface area contributed by atoms with Crippen LogP contribution in [0, 0.1) is 0 Å². The molecule has 0 saturated carbocycles. The second-order valence-corrected chi connectivity index (χ2v) is 8.06. The van der Waals surface area contributed by atoms with E-state index in [1.807, 2.05) is 49.4 Å². The highest BCUT2D eigenvalue weighted by atomic mass is 16.7. The molecule has 1 N–H and O–H groups in total. The minimum atomic E-state index is -0.285. The maximum absolute atomic E-state index is 12.8. The molecule has 1 saturated heterocycles. The van der Waals surface area contributed by atoms with Gasteiger partial charge in [0, 0.05) is 38.1 Å². The van der Waals surface area contributed by atoms with Crippen LogP contribution in [-0.2, 0) is 11.3 Å². The molecule has 8 nitrogen and oxygen atoms in total. The lowest BCUT2D eigenvalue weighted by Crippen LogP contribution is -2.54. The number of nitrogens with one attached hydrogen (secondary N) is 1. The highest BCUT2D eigenvalue weighted by Crippen LogP contribution is 2.32. The first-order chi connectivity index (χ1) is 15.6. The molecule has 1 aromatic heterocycles. The Balaban J connectivity index is 1.13. The third-order valence-electron chi connectivity index (χ3n) is 6.07. The molecular formula is C24H25N3O5. The molecule has 0 bridgehead atoms. The predicted molar refractivity (Wildman–Crippen MR) is 118 cm³/mol. The molecule has 1 fully saturated rings. The molecule has 2 aromatic carbocycles. The van der Waals surface area contributed by atoms with Crippen LogP contribution in [0.2, 0.25) is 0 Å². The van der Waals surface area contributed by atoms with Crippen LogP contribution in [0.15, 0.2) is 52.9 Å². The Bertz CT molecular complexity index is 1120. The van der Waals surface area contributed by atoms with E-state index in [-0.39, 0.29) is 24.6 Å². The smallest absolute Gasteiger partial charge is 0.289 e. The Morgan fingerprint density at radius 2 is 1.78 bits per heavy atom. The number of para-hydroxylation sites is 1. The number of amides is 2. The number of piperazine rings is 1. The van der Waals surface area contributed by atoms with E-state index in [4.69, 9.17) is 13.9 Å². The van der Waals surface area contributed by atoms with Gasteiger partial charge in [-0.2, -0.15) is 0 Å². The number of carbonyl (C=O) groups excluding carboxylic acids is 2. The zero-order chi connectivity index (χ0) is 22.1. The lowest BCUT2D eigenvalue weighted by atomic mass is 10.1. The van der Waals surface area contributed by atoms with Crippen LogP contribution in [0.3, 0.4) is 0 Å². The molecule has 0 radical (unpaired) electrons. The summed E-state index contributed by atoms with van der Waals surface area (Å²) in [4.78, 5) is 29.4. The fourth-order valence-corrected chi connectivity index (χ4v) is 4.11. The van der Waals surface area contributed by atoms with Gasteiger partial charge < -0.3 is 24.1 Å². The molecule has 166 valence electrons. The number of furan rings is 1. The van der Waals surface area contributed by atoms with E-state index in [1.54, 1.807) is 11.0 Å². The summed E-state index contributed by atoms with van der Waals surface area (Å²) in [6.07, 6.45) is 0. The van der Waals surface area contributed by atoms with Crippen molar-refractivity contribution in [1.29, 1.82) is 0 Å². The molecule has 3 heterocycles. The van der Waals surface area contributed by atoms with Crippen molar-refractivity contribution in [3.63, 3.8) is 0 Å². The maximum Gasteiger partial charge on any atom is 0.289 e. The number of carbonyl (C=O) groups is 2. The lowest BCUT2D eigenvalue weighted by Gasteiger charge is -2.37. The first-order valence-corrected chi connectivity index (χ1v) is 10.8. The molecule has 2 aliphatic rings. The van der Waals surface area contributed by atoms with Gasteiger partial charge in [0.1, 0.15) is 5.58 Å². The van der Waals surface area contributed by atoms with Crippen LogP contribution in [-0.4, -0.2) is 60.6 Å². The molecule has 0 aliphatic carbocycles. The summed E-state index contributed by atoms with van der Waals surface area (Å²) in [6, 6.07) is 14.7. The second-order valence-electron chi connectivity index (χ2n) is 8.06. The number of nitrogens with zero attached hydrogens (tertiary/aromatic N) is 2. The zero-order valence-electron chi connectivity index (χ0n) is 17.9. The van der Waals surface area contributed by atoms with Gasteiger partial charge in [-0.05, 0) is 36.8 Å². The summed E-state index contributed by atoms with van der Waals surface area (Å²) in [6.45, 7) is 4.91. The summed E-state index contributed by atoms with van der Waals surface area (Å²) in [5.41, 5.74) is 1.67. The molecule has 2 aliphatic heterocycles. The average Bonchev–Trinajstić information content (AvgIpc) is 3.48. The minimum Gasteiger partial charge on any atom is -0.454 e. The third-order valence-corrected chi connectivity index (χ3v) is 6.07. The van der Waals surface area contributed by atoms with Crippen LogP contribution in [0.5, 0.6) is 11.5 Å². The zero-order valence-corrected chi connectivity index (χ0v) is 17.9. The Labute approximate surface area is 185 Å². The standard InChI is InChI=1S/C24H25N3O5/c1-16(23(28)25-14-17-6-7-20-21(12-17)31-15-30-20)26-8-10-27(11-9-26)24(29)22-13-18-4-2-3-5-19(18)32-22/h2-7,12-13,16H,8-11,14-15H2,1H3,(H,25,28). The minimum absolute atomic E-state index is 0.0419. The summed E-state index contributed by atoms with van der Waals surface area (Å²) in [5.74, 6) is 1.63. The number of fused-ring (bicyclic) bond motifs is 2. The van der Waals surface area contributed by atoms with E-state index in [2.05, 4.69) is 10.2 Å². The van der Waals surface area contributed by atoms with E-state index < -0.39 is 0 Å². The van der Waals surface area contributed by atoms with Crippen molar-refractivity contribution in [2.75, 3.05) is 33.0 Å². The van der Waals surface area contributed by atoms with E-state index >= 15 is 0 Å². The topological polar surface area (TPSA) is 84.3 Å². The van der Waals surface area contributed by atoms with Crippen molar-refractivity contribution < 1.29 is 23.5 Å². The molecule has 5 rings (SSSR count). The van der Waals surface area contributed by atoms with Gasteiger partial charge in [-0.3, -0.25) is 14.5 Å². The molecule has 1 atom stereocenters. The first-order valence-electron chi connectivity index (χ1n) is 10.8. The average molecular weight is 435 g/mol. The maximum atomic E-state index is 12.8. The van der Waals surface area contributed by atoms with Crippen molar-refractivity contribution in [3.05, 3.63) is 59.9 Å². The Morgan fingerprint density at radius 3 is 2.59 bits per heavy atom. The summed E-state index contributed by atoms with van der Waals surface area (Å²) in [5, 5.41) is 3.91. The fourth-order valence-electron chi connectivity index (χ4n) is 4.11. The quantitative estimate of drug-likeness (QED) is 0.663. The second kappa shape index (κ2) is 8.55. The van der Waals surface area contributed by atoms with Gasteiger partial charge in [-0.15, -0.1) is 0 Å². The predicted octanol–water partition coefficient (Wildman–Crippen LogP) is 2.62. The van der Waals surface area contributed by atoms with Crippen LogP contribution in [0.1, 0.15) is 23.0 Å². The number of ether oxygens (including phenoxy) is 2. The molecule has 32 heavy (non-hydrogen) atoms. The van der Waals surface area contributed by atoms with Crippen LogP contribution < -0.4 is 14.8 Å². The van der Waals surface area contributed by atoms with Crippen LogP contribution in [0.4, 0.5) is 0 Å². The van der Waals surface area contributed by atoms with Gasteiger partial charge in [0.2, 0.25) is 12.7 Å². The summed E-state index contributed by atoms with van der Waals surface area (Å²) < 4.78 is 16.4. The fraction of sp³-hybridized carbons (Fsp3) is 0.333. The van der Waals surface area contributed by atoms with Crippen molar-refractivity contribution in [1.82, 2.24) is 15.1 Å². The molecule has 3 aromatic rings. The van der Waals surface area contributed by atoms with Gasteiger partial charge in [-0.1, -0.05) is 24.3 Å². The summed E-state index contributed by atoms with van der Waals surface area (Å²) in [7, 11) is 0. The highest BCUT2D eigenvalue weighted by molar-refractivity contribution is 5.96. The number of rotatable bonds is 5. The van der Waals surface area contributed by atoms with Gasteiger partial charge in [0.25, 0.3) is 5.91 Å². The van der Waals surface area contributed by atoms with Crippen LogP contribution in [0.25, 0.3) is 11.0 Å². The lowest BCUT2D eigenvalue weighted by molar-refractivity contribution is -0.126. The van der Waals surface area contributed by atoms with E-state index in [9.17, 15) is 9.59 Å². The SMILES string of the molecule is CC(C(=O)NCc1ccc2c(c1)OCO2)N1CCN(C(=O)c2cc3ccccc3o2)CC1. The van der Waals surface area contributed by atoms with Crippen molar-refractivity contribution >= 4 is 22.8 Å². The Morgan fingerprint density at radius 1 is 1.00 bits per heavy atom. The Hall–Kier alpha value is -3.52. The van der Waals surface area contributed by atoms with Gasteiger partial charge in [0.05, 0.1) is 6.04 Å². The largest absolute Gasteiger partial charge is 0.454 e. The highest BCUT2D eigenvalue weighted by Gasteiger charge is 2.29. The molecule has 1 unspecified atom stereocenters. The van der Waals surface area contributed by atoms with Gasteiger partial charge in [0.15, 0.2) is 17.3 Å². The monoisotopic (exact) mass is 435 g/mol. The number of hydrogen-bond acceptors (Lipinski definition) is 6. The first kappa shape index (κ1) is 20.4. The van der Waals surface area contributed by atoms with Gasteiger partial charge >= 0.3 is 0 Å². The van der Waals surface area contributed by atoms with Gasteiger partial charge in [-0.25, -0.2) is 0 Å². The van der Waals surface area contributed by atoms with E-state index in [0.717, 1.165) is 16.7 Å². The Kier molecular flexibility index (Phi) is 5.45. The van der Waals surface area contributed by atoms with Crippen molar-refractivity contribution in [2.24, 2.45) is 0 Å². The third kappa shape index (κ3) is 4.01. The van der Waals surface area contributed by atoms with Crippen LogP contribution >= 0.6 is 0 Å². The summed E-state index contributed by atoms with van der Waals surface area (Å²) >= 11 is 0. The molecule has 2 amide bonds. The number of hydrogen-bond donors (Lipinski definition) is 1. The van der Waals surface area contributed by atoms with E-state index in [1.165, 1.54) is 0 Å². The molecule has 8 heteroatoms. The molecular weight excluding hydrogens is 410 g/mol. The number of benzene rings is 2. The molecule has 0 spiro atoms. The normalized spacial score (nSPS) is 16.8.